The van der Waals surface area contributed by atoms with Crippen LogP contribution in [-0.2, 0) is 4.79 Å². The number of amides is 2. The Morgan fingerprint density at radius 2 is 1.86 bits per heavy atom. The molecule has 8 heteroatoms. The third-order valence-electron chi connectivity index (χ3n) is 6.80. The third-order valence-corrected chi connectivity index (χ3v) is 7.12. The summed E-state index contributed by atoms with van der Waals surface area (Å²) in [6.07, 6.45) is 2.90. The minimum Gasteiger partial charge on any atom is -0.339 e. The molecular formula is C29H28ClN5O2. The van der Waals surface area contributed by atoms with Gasteiger partial charge in [-0.2, -0.15) is 0 Å². The van der Waals surface area contributed by atoms with Crippen LogP contribution >= 0.6 is 11.6 Å². The lowest BCUT2D eigenvalue weighted by molar-refractivity contribution is -0.111. The van der Waals surface area contributed by atoms with Crippen molar-refractivity contribution >= 4 is 40.1 Å². The Morgan fingerprint density at radius 1 is 1.08 bits per heavy atom. The number of aryl methyl sites for hydroxylation is 1. The van der Waals surface area contributed by atoms with Gasteiger partial charge in [0.15, 0.2) is 0 Å². The minimum absolute atomic E-state index is 0.0218. The Kier molecular flexibility index (Phi) is 6.82. The molecule has 2 N–H and O–H groups in total. The van der Waals surface area contributed by atoms with Crippen LogP contribution in [0, 0.1) is 6.92 Å². The molecule has 188 valence electrons. The summed E-state index contributed by atoms with van der Waals surface area (Å²) in [5.41, 5.74) is 6.24. The van der Waals surface area contributed by atoms with Crippen LogP contribution in [0.1, 0.15) is 15.9 Å². The minimum atomic E-state index is -0.283. The van der Waals surface area contributed by atoms with E-state index in [1.54, 1.807) is 12.3 Å². The summed E-state index contributed by atoms with van der Waals surface area (Å²) < 4.78 is 0. The van der Waals surface area contributed by atoms with E-state index in [1.807, 2.05) is 54.3 Å². The molecule has 0 radical (unpaired) electrons. The van der Waals surface area contributed by atoms with Gasteiger partial charge in [-0.25, -0.2) is 4.98 Å². The smallest absolute Gasteiger partial charge is 0.253 e. The number of halogens is 1. The highest BCUT2D eigenvalue weighted by Gasteiger charge is 2.23. The zero-order chi connectivity index (χ0) is 26.1. The van der Waals surface area contributed by atoms with E-state index in [9.17, 15) is 9.59 Å². The summed E-state index contributed by atoms with van der Waals surface area (Å²) in [4.78, 5) is 37.4. The molecule has 0 bridgehead atoms. The molecule has 0 unspecified atom stereocenters. The Bertz CT molecular complexity index is 1520. The molecule has 4 aromatic rings. The van der Waals surface area contributed by atoms with E-state index in [0.29, 0.717) is 35.0 Å². The number of nitrogens with zero attached hydrogens (tertiary/aromatic N) is 3. The second-order valence-electron chi connectivity index (χ2n) is 9.29. The van der Waals surface area contributed by atoms with Crippen LogP contribution < -0.4 is 5.32 Å². The second-order valence-corrected chi connectivity index (χ2v) is 9.70. The molecule has 0 saturated carbocycles. The number of hydrogen-bond donors (Lipinski definition) is 2. The zero-order valence-electron chi connectivity index (χ0n) is 20.8. The van der Waals surface area contributed by atoms with Gasteiger partial charge in [-0.3, -0.25) is 9.59 Å². The number of anilines is 1. The number of pyridine rings is 1. The number of carbonyl (C=O) groups excluding carboxylic acids is 2. The Labute approximate surface area is 220 Å². The Morgan fingerprint density at radius 3 is 2.62 bits per heavy atom. The Balaban J connectivity index is 1.63. The molecule has 2 aromatic carbocycles. The maximum absolute atomic E-state index is 13.3. The fourth-order valence-electron chi connectivity index (χ4n) is 4.68. The third kappa shape index (κ3) is 4.88. The number of rotatable bonds is 5. The van der Waals surface area contributed by atoms with Gasteiger partial charge < -0.3 is 20.1 Å². The predicted molar refractivity (Wildman–Crippen MR) is 149 cm³/mol. The van der Waals surface area contributed by atoms with Crippen molar-refractivity contribution in [1.82, 2.24) is 19.8 Å². The molecule has 3 heterocycles. The molecule has 2 amide bonds. The number of aromatic nitrogens is 2. The van der Waals surface area contributed by atoms with Gasteiger partial charge in [-0.1, -0.05) is 42.4 Å². The SMILES string of the molecule is C=CC(=O)Nc1cc(-c2c(-c3cccc(C(=O)N4CCN(C)CC4)c3)[nH]c3nccc(Cl)c23)ccc1C. The maximum atomic E-state index is 13.3. The number of fused-ring (bicyclic) bond motifs is 1. The highest BCUT2D eigenvalue weighted by molar-refractivity contribution is 6.36. The summed E-state index contributed by atoms with van der Waals surface area (Å²) in [7, 11) is 2.07. The molecule has 1 fully saturated rings. The van der Waals surface area contributed by atoms with Gasteiger partial charge in [0.25, 0.3) is 5.91 Å². The van der Waals surface area contributed by atoms with E-state index in [4.69, 9.17) is 11.6 Å². The van der Waals surface area contributed by atoms with Crippen LogP contribution in [0.4, 0.5) is 5.69 Å². The van der Waals surface area contributed by atoms with Gasteiger partial charge in [-0.05, 0) is 61.0 Å². The van der Waals surface area contributed by atoms with Crippen molar-refractivity contribution in [2.24, 2.45) is 0 Å². The fraction of sp³-hybridized carbons (Fsp3) is 0.207. The first-order valence-corrected chi connectivity index (χ1v) is 12.5. The van der Waals surface area contributed by atoms with Gasteiger partial charge in [0.05, 0.1) is 10.7 Å². The van der Waals surface area contributed by atoms with Gasteiger partial charge in [0.2, 0.25) is 5.91 Å². The van der Waals surface area contributed by atoms with Crippen LogP contribution in [0.15, 0.2) is 67.4 Å². The van der Waals surface area contributed by atoms with Gasteiger partial charge in [0, 0.05) is 54.6 Å². The number of likely N-dealkylation sites (N-methyl/N-ethyl adjacent to an activating group) is 1. The van der Waals surface area contributed by atoms with Crippen molar-refractivity contribution in [3.05, 3.63) is 83.5 Å². The van der Waals surface area contributed by atoms with E-state index in [2.05, 4.69) is 33.8 Å². The van der Waals surface area contributed by atoms with E-state index in [0.717, 1.165) is 46.4 Å². The standard InChI is InChI=1S/C29H28ClN5O2/c1-4-24(36)32-23-17-19(9-8-18(23)2)25-26-22(30)10-11-31-28(26)33-27(25)20-6-5-7-21(16-20)29(37)35-14-12-34(3)13-15-35/h4-11,16-17H,1,12-15H2,2-3H3,(H,31,33)(H,32,36). The molecule has 1 saturated heterocycles. The molecule has 0 aliphatic carbocycles. The maximum Gasteiger partial charge on any atom is 0.253 e. The van der Waals surface area contributed by atoms with Crippen LogP contribution in [0.2, 0.25) is 5.02 Å². The van der Waals surface area contributed by atoms with E-state index in [1.165, 1.54) is 6.08 Å². The first-order valence-electron chi connectivity index (χ1n) is 12.1. The second kappa shape index (κ2) is 10.2. The lowest BCUT2D eigenvalue weighted by Crippen LogP contribution is -2.47. The van der Waals surface area contributed by atoms with Crippen molar-refractivity contribution in [1.29, 1.82) is 0 Å². The molecule has 0 spiro atoms. The Hall–Kier alpha value is -3.94. The van der Waals surface area contributed by atoms with Crippen LogP contribution in [0.5, 0.6) is 0 Å². The van der Waals surface area contributed by atoms with Crippen LogP contribution in [-0.4, -0.2) is 64.8 Å². The van der Waals surface area contributed by atoms with Gasteiger partial charge >= 0.3 is 0 Å². The van der Waals surface area contributed by atoms with E-state index < -0.39 is 0 Å². The monoisotopic (exact) mass is 513 g/mol. The molecular weight excluding hydrogens is 486 g/mol. The van der Waals surface area contributed by atoms with E-state index >= 15 is 0 Å². The lowest BCUT2D eigenvalue weighted by Gasteiger charge is -2.32. The quantitative estimate of drug-likeness (QED) is 0.351. The highest BCUT2D eigenvalue weighted by Crippen LogP contribution is 2.42. The molecule has 5 rings (SSSR count). The largest absolute Gasteiger partial charge is 0.339 e. The van der Waals surface area contributed by atoms with Crippen LogP contribution in [0.3, 0.4) is 0 Å². The van der Waals surface area contributed by atoms with Crippen LogP contribution in [0.25, 0.3) is 33.4 Å². The summed E-state index contributed by atoms with van der Waals surface area (Å²) in [5.74, 6) is -0.261. The highest BCUT2D eigenvalue weighted by atomic mass is 35.5. The number of carbonyl (C=O) groups is 2. The van der Waals surface area contributed by atoms with Crippen molar-refractivity contribution in [2.75, 3.05) is 38.5 Å². The first-order chi connectivity index (χ1) is 17.9. The number of piperazine rings is 1. The summed E-state index contributed by atoms with van der Waals surface area (Å²) in [6.45, 7) is 8.62. The van der Waals surface area contributed by atoms with Crippen molar-refractivity contribution in [3.8, 4) is 22.4 Å². The topological polar surface area (TPSA) is 81.3 Å². The normalized spacial score (nSPS) is 14.1. The molecule has 0 atom stereocenters. The van der Waals surface area contributed by atoms with Crippen molar-refractivity contribution in [3.63, 3.8) is 0 Å². The average Bonchev–Trinajstić information content (AvgIpc) is 3.31. The summed E-state index contributed by atoms with van der Waals surface area (Å²) in [5, 5.41) is 4.22. The number of benzene rings is 2. The molecule has 7 nitrogen and oxygen atoms in total. The fourth-order valence-corrected chi connectivity index (χ4v) is 4.92. The molecule has 1 aliphatic rings. The number of H-pyrrole nitrogens is 1. The molecule has 1 aliphatic heterocycles. The number of aromatic amines is 1. The molecule has 2 aromatic heterocycles. The van der Waals surface area contributed by atoms with E-state index in [-0.39, 0.29) is 11.8 Å². The number of hydrogen-bond acceptors (Lipinski definition) is 4. The average molecular weight is 514 g/mol. The van der Waals surface area contributed by atoms with Gasteiger partial charge in [-0.15, -0.1) is 0 Å². The lowest BCUT2D eigenvalue weighted by atomic mass is 9.96. The summed E-state index contributed by atoms with van der Waals surface area (Å²) in [6, 6.07) is 15.3. The van der Waals surface area contributed by atoms with Crippen molar-refractivity contribution < 1.29 is 9.59 Å². The molecule has 37 heavy (non-hydrogen) atoms. The van der Waals surface area contributed by atoms with Crippen molar-refractivity contribution in [2.45, 2.75) is 6.92 Å². The predicted octanol–water partition coefficient (Wildman–Crippen LogP) is 5.37. The van der Waals surface area contributed by atoms with Gasteiger partial charge in [0.1, 0.15) is 5.65 Å². The first kappa shape index (κ1) is 24.7. The zero-order valence-corrected chi connectivity index (χ0v) is 21.6. The summed E-state index contributed by atoms with van der Waals surface area (Å²) >= 11 is 6.68. The number of nitrogens with one attached hydrogen (secondary N) is 2.